The summed E-state index contributed by atoms with van der Waals surface area (Å²) in [6.07, 6.45) is 31.1. The molecule has 66 heavy (non-hydrogen) atoms. The fourth-order valence-electron chi connectivity index (χ4n) is 8.77. The van der Waals surface area contributed by atoms with Gasteiger partial charge in [0.05, 0.1) is 45.7 Å². The van der Waals surface area contributed by atoms with Gasteiger partial charge in [-0.1, -0.05) is 194 Å². The smallest absolute Gasteiger partial charge is 0.862 e. The summed E-state index contributed by atoms with van der Waals surface area (Å²) in [6, 6.07) is -1.40. The number of nitrogens with zero attached hydrogens (tertiary/aromatic N) is 1. The van der Waals surface area contributed by atoms with Crippen molar-refractivity contribution in [1.29, 1.82) is 0 Å². The molecular formula is C51H97N2NaO12. The minimum absolute atomic E-state index is 0. The van der Waals surface area contributed by atoms with Crippen LogP contribution in [-0.2, 0) is 28.5 Å². The fourth-order valence-corrected chi connectivity index (χ4v) is 8.77. The zero-order chi connectivity index (χ0) is 47.8. The van der Waals surface area contributed by atoms with E-state index in [1.165, 1.54) is 167 Å². The van der Waals surface area contributed by atoms with E-state index < -0.39 is 61.1 Å². The van der Waals surface area contributed by atoms with E-state index in [-0.39, 0.29) is 67.8 Å². The maximum absolute atomic E-state index is 13.3. The Bertz CT molecular complexity index is 1140. The molecule has 1 aliphatic rings. The van der Waals surface area contributed by atoms with Crippen LogP contribution >= 0.6 is 0 Å². The molecule has 1 fully saturated rings. The molecule has 1 amide bonds. The molecule has 1 saturated heterocycles. The molecule has 1 rings (SSSR count). The quantitative estimate of drug-likeness (QED) is 0.0198. The molecule has 1 aliphatic heterocycles. The molecule has 1 heterocycles. The first-order chi connectivity index (χ1) is 31.5. The van der Waals surface area contributed by atoms with Crippen LogP contribution in [0.4, 0.5) is 0 Å². The Balaban J connectivity index is 0.0000422. The average molecular weight is 953 g/mol. The third kappa shape index (κ3) is 32.1. The van der Waals surface area contributed by atoms with Crippen LogP contribution in [-0.4, -0.2) is 126 Å². The molecule has 15 heteroatoms. The fraction of sp³-hybridized carbons (Fsp3) is 0.941. The van der Waals surface area contributed by atoms with E-state index in [0.29, 0.717) is 13.2 Å². The SMILES string of the molecule is CCCCCCCCCCCCCCCCC(CCCCCCCCCCCCCCCC)C(=O)NCCOCCOCCO[C@@]1(C(=O)O)C[C@H](O)[C@@H](N=C(C)[O-])[C@H]([C@H](O)[C@H](O)CO)O1.[Na+]. The van der Waals surface area contributed by atoms with Crippen molar-refractivity contribution >= 4 is 17.8 Å². The van der Waals surface area contributed by atoms with E-state index in [9.17, 15) is 40.2 Å². The van der Waals surface area contributed by atoms with Crippen LogP contribution in [0.3, 0.4) is 0 Å². The van der Waals surface area contributed by atoms with E-state index in [1.807, 2.05) is 0 Å². The topological polar surface area (TPSA) is 220 Å². The Labute approximate surface area is 422 Å². The van der Waals surface area contributed by atoms with E-state index in [4.69, 9.17) is 18.9 Å². The largest absolute Gasteiger partial charge is 1.00 e. The average Bonchev–Trinajstić information content (AvgIpc) is 3.29. The van der Waals surface area contributed by atoms with E-state index in [2.05, 4.69) is 24.2 Å². The van der Waals surface area contributed by atoms with E-state index >= 15 is 0 Å². The number of aliphatic hydroxyl groups is 4. The number of ether oxygens (including phenoxy) is 4. The molecule has 0 radical (unpaired) electrons. The number of nitrogens with one attached hydrogen (secondary N) is 1. The van der Waals surface area contributed by atoms with Crippen LogP contribution in [0.5, 0.6) is 0 Å². The van der Waals surface area contributed by atoms with Crippen molar-refractivity contribution in [2.75, 3.05) is 46.2 Å². The molecule has 0 saturated carbocycles. The number of hydrogen-bond acceptors (Lipinski definition) is 12. The van der Waals surface area contributed by atoms with Crippen LogP contribution in [0, 0.1) is 5.92 Å². The molecule has 0 aliphatic carbocycles. The van der Waals surface area contributed by atoms with E-state index in [1.54, 1.807) is 0 Å². The predicted octanol–water partition coefficient (Wildman–Crippen LogP) is 5.31. The van der Waals surface area contributed by atoms with Crippen LogP contribution in [0.1, 0.15) is 220 Å². The number of carbonyl (C=O) groups excluding carboxylic acids is 1. The monoisotopic (exact) mass is 953 g/mol. The Morgan fingerprint density at radius 2 is 1.08 bits per heavy atom. The van der Waals surface area contributed by atoms with Crippen molar-refractivity contribution in [3.05, 3.63) is 0 Å². The second-order valence-corrected chi connectivity index (χ2v) is 18.6. The maximum atomic E-state index is 13.3. The van der Waals surface area contributed by atoms with Crippen LogP contribution in [0.2, 0.25) is 0 Å². The molecule has 6 atom stereocenters. The van der Waals surface area contributed by atoms with Crippen LogP contribution in [0.15, 0.2) is 4.99 Å². The number of aliphatic hydroxyl groups excluding tert-OH is 4. The van der Waals surface area contributed by atoms with Crippen molar-refractivity contribution in [1.82, 2.24) is 5.32 Å². The molecule has 0 unspecified atom stereocenters. The molecule has 0 aromatic rings. The molecule has 0 spiro atoms. The number of carboxylic acids is 1. The number of carboxylic acid groups (broad SMARTS) is 1. The molecule has 384 valence electrons. The summed E-state index contributed by atoms with van der Waals surface area (Å²) < 4.78 is 22.3. The summed E-state index contributed by atoms with van der Waals surface area (Å²) >= 11 is 0. The van der Waals surface area contributed by atoms with Gasteiger partial charge >= 0.3 is 35.5 Å². The third-order valence-electron chi connectivity index (χ3n) is 12.8. The number of aliphatic imine (C=N–C) groups is 1. The number of unbranched alkanes of at least 4 members (excludes halogenated alkanes) is 26. The summed E-state index contributed by atoms with van der Waals surface area (Å²) in [5, 5.41) is 65.3. The molecular weight excluding hydrogens is 856 g/mol. The predicted molar refractivity (Wildman–Crippen MR) is 256 cm³/mol. The Morgan fingerprint density at radius 1 is 0.682 bits per heavy atom. The van der Waals surface area contributed by atoms with Crippen molar-refractivity contribution in [3.63, 3.8) is 0 Å². The van der Waals surface area contributed by atoms with E-state index in [0.717, 1.165) is 32.6 Å². The van der Waals surface area contributed by atoms with Gasteiger partial charge in [-0.15, -0.1) is 0 Å². The van der Waals surface area contributed by atoms with Gasteiger partial charge in [-0.05, 0) is 25.7 Å². The van der Waals surface area contributed by atoms with Gasteiger partial charge in [0.2, 0.25) is 5.91 Å². The van der Waals surface area contributed by atoms with Gasteiger partial charge in [0.1, 0.15) is 24.4 Å². The summed E-state index contributed by atoms with van der Waals surface area (Å²) in [4.78, 5) is 29.4. The molecule has 14 nitrogen and oxygen atoms in total. The first-order valence-electron chi connectivity index (χ1n) is 26.4. The van der Waals surface area contributed by atoms with Gasteiger partial charge in [-0.2, -0.15) is 0 Å². The number of rotatable bonds is 46. The summed E-state index contributed by atoms with van der Waals surface area (Å²) in [5.74, 6) is -4.61. The van der Waals surface area contributed by atoms with Gasteiger partial charge < -0.3 is 54.9 Å². The van der Waals surface area contributed by atoms with Crippen molar-refractivity contribution in [3.8, 4) is 0 Å². The van der Waals surface area contributed by atoms with Gasteiger partial charge in [0.15, 0.2) is 0 Å². The number of aliphatic carboxylic acids is 1. The van der Waals surface area contributed by atoms with Crippen LogP contribution in [0.25, 0.3) is 0 Å². The van der Waals surface area contributed by atoms with Gasteiger partial charge in [0, 0.05) is 18.9 Å². The number of carbonyl (C=O) groups is 2. The van der Waals surface area contributed by atoms with Crippen molar-refractivity contribution in [2.24, 2.45) is 10.9 Å². The zero-order valence-electron chi connectivity index (χ0n) is 42.4. The normalized spacial score (nSPS) is 19.8. The van der Waals surface area contributed by atoms with Gasteiger partial charge in [0.25, 0.3) is 5.79 Å². The number of hydrogen-bond donors (Lipinski definition) is 6. The molecule has 0 aromatic heterocycles. The minimum Gasteiger partial charge on any atom is -0.862 e. The standard InChI is InChI=1S/C51H98N2O12.Na/c1-4-6-8-10-12-14-16-18-20-22-24-26-28-30-32-43(33-31-29-27-25-23-21-19-17-15-13-11-9-7-5-2)49(59)52-34-35-62-36-37-63-38-39-64-51(50(60)61)40-44(56)46(53-42(3)55)48(65-51)47(58)45(57)41-54;/h43-48,54,56-58H,4-41H2,1-3H3,(H,52,59)(H,53,55)(H,60,61);/q;+1/p-1/t44-,45+,46+,47+,48+,51-;/m0./s1. The third-order valence-corrected chi connectivity index (χ3v) is 12.8. The molecule has 6 N–H and O–H groups in total. The van der Waals surface area contributed by atoms with Crippen LogP contribution < -0.4 is 40.0 Å². The van der Waals surface area contributed by atoms with Crippen molar-refractivity contribution in [2.45, 2.75) is 256 Å². The molecule has 0 bridgehead atoms. The van der Waals surface area contributed by atoms with Crippen molar-refractivity contribution < 1.29 is 88.7 Å². The Kier molecular flexibility index (Phi) is 43.5. The summed E-state index contributed by atoms with van der Waals surface area (Å²) in [5.41, 5.74) is 0. The van der Waals surface area contributed by atoms with Gasteiger partial charge in [-0.25, -0.2) is 4.79 Å². The maximum Gasteiger partial charge on any atom is 1.00 e. The summed E-state index contributed by atoms with van der Waals surface area (Å²) in [6.45, 7) is 5.57. The second kappa shape index (κ2) is 44.1. The zero-order valence-corrected chi connectivity index (χ0v) is 44.4. The Hall–Kier alpha value is -0.910. The van der Waals surface area contributed by atoms with Gasteiger partial charge in [-0.3, -0.25) is 9.79 Å². The summed E-state index contributed by atoms with van der Waals surface area (Å²) in [7, 11) is 0. The minimum atomic E-state index is -2.43. The second-order valence-electron chi connectivity index (χ2n) is 18.6. The number of amides is 1. The molecule has 0 aromatic carbocycles. The Morgan fingerprint density at radius 3 is 1.47 bits per heavy atom. The first kappa shape index (κ1) is 65.1. The first-order valence-corrected chi connectivity index (χ1v) is 26.4.